The molecule has 0 aliphatic rings. The molecule has 74 valence electrons. The molecule has 2 aromatic rings. The Bertz CT molecular complexity index is 465. The highest BCUT2D eigenvalue weighted by Gasteiger charge is 2.21. The number of nitrogens with two attached hydrogens (primary N) is 1. The molecule has 0 aliphatic heterocycles. The van der Waals surface area contributed by atoms with Gasteiger partial charge in [0.2, 0.25) is 0 Å². The van der Waals surface area contributed by atoms with Gasteiger partial charge in [-0.1, -0.05) is 0 Å². The molecule has 0 amide bonds. The van der Waals surface area contributed by atoms with Crippen LogP contribution in [0.2, 0.25) is 0 Å². The van der Waals surface area contributed by atoms with Gasteiger partial charge in [0.25, 0.3) is 0 Å². The van der Waals surface area contributed by atoms with Crippen LogP contribution in [0.3, 0.4) is 0 Å². The lowest BCUT2D eigenvalue weighted by molar-refractivity contribution is 0.497. The third kappa shape index (κ3) is 1.35. The van der Waals surface area contributed by atoms with Gasteiger partial charge >= 0.3 is 0 Å². The molecule has 2 aromatic heterocycles. The molecule has 0 spiro atoms. The Hall–Kier alpha value is -1.49. The Morgan fingerprint density at radius 3 is 2.64 bits per heavy atom. The van der Waals surface area contributed by atoms with Gasteiger partial charge in [0.15, 0.2) is 11.5 Å². The summed E-state index contributed by atoms with van der Waals surface area (Å²) in [6.07, 6.45) is 0. The lowest BCUT2D eigenvalue weighted by Crippen LogP contribution is -2.31. The maximum absolute atomic E-state index is 5.95. The quantitative estimate of drug-likeness (QED) is 0.717. The van der Waals surface area contributed by atoms with Crippen molar-refractivity contribution in [1.82, 2.24) is 19.8 Å². The summed E-state index contributed by atoms with van der Waals surface area (Å²) in [6.45, 7) is 5.69. The third-order valence-electron chi connectivity index (χ3n) is 1.97. The van der Waals surface area contributed by atoms with Crippen molar-refractivity contribution in [2.45, 2.75) is 26.3 Å². The van der Waals surface area contributed by atoms with Crippen LogP contribution in [0.15, 0.2) is 12.1 Å². The molecule has 2 rings (SSSR count). The number of nitrogens with zero attached hydrogens (tertiary/aromatic N) is 4. The van der Waals surface area contributed by atoms with Crippen LogP contribution in [0.1, 0.15) is 25.4 Å². The number of hydrogen-bond donors (Lipinski definition) is 1. The summed E-state index contributed by atoms with van der Waals surface area (Å²) < 4.78 is 1.69. The van der Waals surface area contributed by atoms with Crippen LogP contribution in [0.25, 0.3) is 5.65 Å². The number of aryl methyl sites for hydroxylation is 1. The van der Waals surface area contributed by atoms with Crippen molar-refractivity contribution in [3.63, 3.8) is 0 Å². The second-order valence-corrected chi connectivity index (χ2v) is 3.99. The topological polar surface area (TPSA) is 69.1 Å². The molecule has 2 N–H and O–H groups in total. The molecular weight excluding hydrogens is 178 g/mol. The van der Waals surface area contributed by atoms with Gasteiger partial charge in [0.05, 0.1) is 11.2 Å². The maximum Gasteiger partial charge on any atom is 0.177 e. The van der Waals surface area contributed by atoms with Gasteiger partial charge in [0, 0.05) is 0 Å². The van der Waals surface area contributed by atoms with E-state index in [1.807, 2.05) is 32.9 Å². The normalized spacial score (nSPS) is 12.3. The van der Waals surface area contributed by atoms with Gasteiger partial charge in [-0.05, 0) is 32.9 Å². The van der Waals surface area contributed by atoms with Crippen molar-refractivity contribution >= 4 is 5.65 Å². The number of aromatic nitrogens is 4. The maximum atomic E-state index is 5.95. The summed E-state index contributed by atoms with van der Waals surface area (Å²) in [5.41, 5.74) is 7.07. The summed E-state index contributed by atoms with van der Waals surface area (Å²) in [4.78, 5) is 0. The lowest BCUT2D eigenvalue weighted by atomic mass is 10.1. The van der Waals surface area contributed by atoms with E-state index in [0.717, 1.165) is 11.3 Å². The monoisotopic (exact) mass is 191 g/mol. The minimum atomic E-state index is -0.528. The molecule has 0 aliphatic carbocycles. The van der Waals surface area contributed by atoms with E-state index in [1.165, 1.54) is 0 Å². The smallest absolute Gasteiger partial charge is 0.177 e. The van der Waals surface area contributed by atoms with Gasteiger partial charge in [-0.3, -0.25) is 0 Å². The average Bonchev–Trinajstić information content (AvgIpc) is 2.45. The second kappa shape index (κ2) is 2.75. The van der Waals surface area contributed by atoms with Crippen molar-refractivity contribution in [2.24, 2.45) is 5.73 Å². The lowest BCUT2D eigenvalue weighted by Gasteiger charge is -2.14. The molecule has 0 atom stereocenters. The summed E-state index contributed by atoms with van der Waals surface area (Å²) in [7, 11) is 0. The van der Waals surface area contributed by atoms with Gasteiger partial charge in [-0.2, -0.15) is 9.61 Å². The van der Waals surface area contributed by atoms with Crippen LogP contribution < -0.4 is 5.73 Å². The molecule has 0 saturated carbocycles. The molecule has 5 nitrogen and oxygen atoms in total. The largest absolute Gasteiger partial charge is 0.319 e. The van der Waals surface area contributed by atoms with E-state index in [2.05, 4.69) is 15.3 Å². The Kier molecular flexibility index (Phi) is 1.78. The first kappa shape index (κ1) is 9.08. The zero-order valence-corrected chi connectivity index (χ0v) is 8.52. The second-order valence-electron chi connectivity index (χ2n) is 3.99. The summed E-state index contributed by atoms with van der Waals surface area (Å²) in [5.74, 6) is 0.677. The van der Waals surface area contributed by atoms with E-state index < -0.39 is 5.54 Å². The predicted octanol–water partition coefficient (Wildman–Crippen LogP) is 0.627. The average molecular weight is 191 g/mol. The van der Waals surface area contributed by atoms with E-state index >= 15 is 0 Å². The Balaban J connectivity index is 2.73. The number of rotatable bonds is 1. The first-order valence-electron chi connectivity index (χ1n) is 4.47. The molecule has 0 saturated heterocycles. The van der Waals surface area contributed by atoms with Gasteiger partial charge in [-0.25, -0.2) is 0 Å². The highest BCUT2D eigenvalue weighted by Crippen LogP contribution is 2.14. The molecule has 0 radical (unpaired) electrons. The third-order valence-corrected chi connectivity index (χ3v) is 1.97. The summed E-state index contributed by atoms with van der Waals surface area (Å²) >= 11 is 0. The van der Waals surface area contributed by atoms with Crippen molar-refractivity contribution in [1.29, 1.82) is 0 Å². The summed E-state index contributed by atoms with van der Waals surface area (Å²) in [6, 6.07) is 3.78. The van der Waals surface area contributed by atoms with Gasteiger partial charge < -0.3 is 5.73 Å². The molecule has 2 heterocycles. The summed E-state index contributed by atoms with van der Waals surface area (Å²) in [5, 5.41) is 12.3. The van der Waals surface area contributed by atoms with E-state index in [4.69, 9.17) is 5.73 Å². The predicted molar refractivity (Wildman–Crippen MR) is 52.7 cm³/mol. The first-order chi connectivity index (χ1) is 6.48. The molecule has 14 heavy (non-hydrogen) atoms. The number of hydrogen-bond acceptors (Lipinski definition) is 4. The van der Waals surface area contributed by atoms with E-state index in [-0.39, 0.29) is 0 Å². The van der Waals surface area contributed by atoms with Crippen molar-refractivity contribution in [2.75, 3.05) is 0 Å². The van der Waals surface area contributed by atoms with Crippen LogP contribution in [0, 0.1) is 6.92 Å². The highest BCUT2D eigenvalue weighted by atomic mass is 15.4. The minimum Gasteiger partial charge on any atom is -0.319 e. The fourth-order valence-electron chi connectivity index (χ4n) is 1.28. The Morgan fingerprint density at radius 1 is 1.29 bits per heavy atom. The van der Waals surface area contributed by atoms with Gasteiger partial charge in [-0.15, -0.1) is 10.2 Å². The molecule has 0 unspecified atom stereocenters. The molecule has 0 fully saturated rings. The standard InChI is InChI=1S/C9H13N5/c1-6-4-5-7-11-12-8(9(2,3)10)14(7)13-6/h4-5H,10H2,1-3H3. The van der Waals surface area contributed by atoms with Crippen molar-refractivity contribution < 1.29 is 0 Å². The fraction of sp³-hybridized carbons (Fsp3) is 0.444. The highest BCUT2D eigenvalue weighted by molar-refractivity contribution is 5.36. The van der Waals surface area contributed by atoms with Crippen LogP contribution in [-0.2, 0) is 5.54 Å². The molecule has 0 bridgehead atoms. The van der Waals surface area contributed by atoms with Crippen LogP contribution in [-0.4, -0.2) is 19.8 Å². The van der Waals surface area contributed by atoms with E-state index in [1.54, 1.807) is 4.52 Å². The van der Waals surface area contributed by atoms with Crippen molar-refractivity contribution in [3.05, 3.63) is 23.7 Å². The molecular formula is C9H13N5. The zero-order chi connectivity index (χ0) is 10.3. The van der Waals surface area contributed by atoms with E-state index in [9.17, 15) is 0 Å². The first-order valence-corrected chi connectivity index (χ1v) is 4.47. The minimum absolute atomic E-state index is 0.528. The molecule has 5 heteroatoms. The SMILES string of the molecule is Cc1ccc2nnc(C(C)(C)N)n2n1. The Morgan fingerprint density at radius 2 is 2.00 bits per heavy atom. The van der Waals surface area contributed by atoms with Crippen LogP contribution >= 0.6 is 0 Å². The number of fused-ring (bicyclic) bond motifs is 1. The zero-order valence-electron chi connectivity index (χ0n) is 8.52. The van der Waals surface area contributed by atoms with Gasteiger partial charge in [0.1, 0.15) is 0 Å². The van der Waals surface area contributed by atoms with E-state index in [0.29, 0.717) is 5.82 Å². The van der Waals surface area contributed by atoms with Crippen molar-refractivity contribution in [3.8, 4) is 0 Å². The van der Waals surface area contributed by atoms with Crippen LogP contribution in [0.4, 0.5) is 0 Å². The van der Waals surface area contributed by atoms with Crippen LogP contribution in [0.5, 0.6) is 0 Å². The fourth-order valence-corrected chi connectivity index (χ4v) is 1.28. The molecule has 0 aromatic carbocycles. The Labute approximate surface area is 81.9 Å².